The standard InChI is InChI=1S/C16H17N3O2/c1-18-13-7-3-2-6-11(13)15-12(16(18)20)10-19(17-15)14-8-4-5-9-21-14/h2-3,6-7,10,14H,4-5,8-9H2,1H3. The number of aryl methyl sites for hydroxylation is 1. The number of pyridine rings is 1. The summed E-state index contributed by atoms with van der Waals surface area (Å²) in [6.45, 7) is 0.764. The van der Waals surface area contributed by atoms with Crippen LogP contribution < -0.4 is 5.56 Å². The average molecular weight is 283 g/mol. The number of hydrogen-bond donors (Lipinski definition) is 0. The van der Waals surface area contributed by atoms with Crippen LogP contribution in [0.25, 0.3) is 21.8 Å². The highest BCUT2D eigenvalue weighted by atomic mass is 16.5. The molecule has 5 nitrogen and oxygen atoms in total. The second-order valence-corrected chi connectivity index (χ2v) is 5.57. The van der Waals surface area contributed by atoms with Crippen molar-refractivity contribution < 1.29 is 4.74 Å². The largest absolute Gasteiger partial charge is 0.357 e. The first-order valence-electron chi connectivity index (χ1n) is 7.34. The molecule has 1 atom stereocenters. The van der Waals surface area contributed by atoms with Gasteiger partial charge in [-0.15, -0.1) is 0 Å². The average Bonchev–Trinajstić information content (AvgIpc) is 2.99. The van der Waals surface area contributed by atoms with Gasteiger partial charge in [0.1, 0.15) is 11.7 Å². The number of ether oxygens (including phenoxy) is 1. The molecule has 108 valence electrons. The molecule has 1 fully saturated rings. The maximum Gasteiger partial charge on any atom is 0.261 e. The summed E-state index contributed by atoms with van der Waals surface area (Å²) < 4.78 is 9.27. The van der Waals surface area contributed by atoms with Crippen LogP contribution in [0.15, 0.2) is 35.3 Å². The predicted octanol–water partition coefficient (Wildman–Crippen LogP) is 2.59. The highest BCUT2D eigenvalue weighted by molar-refractivity contribution is 6.02. The molecule has 0 bridgehead atoms. The maximum atomic E-state index is 12.5. The topological polar surface area (TPSA) is 49.0 Å². The molecule has 21 heavy (non-hydrogen) atoms. The summed E-state index contributed by atoms with van der Waals surface area (Å²) in [6, 6.07) is 7.87. The molecule has 4 rings (SSSR count). The summed E-state index contributed by atoms with van der Waals surface area (Å²) in [6.07, 6.45) is 4.98. The normalized spacial score (nSPS) is 19.4. The molecule has 2 aromatic heterocycles. The zero-order valence-corrected chi connectivity index (χ0v) is 12.0. The van der Waals surface area contributed by atoms with Gasteiger partial charge < -0.3 is 9.30 Å². The fraction of sp³-hybridized carbons (Fsp3) is 0.375. The van der Waals surface area contributed by atoms with E-state index in [2.05, 4.69) is 5.10 Å². The molecule has 3 heterocycles. The van der Waals surface area contributed by atoms with Crippen molar-refractivity contribution in [3.05, 3.63) is 40.8 Å². The minimum atomic E-state index is -0.0466. The molecule has 3 aromatic rings. The van der Waals surface area contributed by atoms with Gasteiger partial charge >= 0.3 is 0 Å². The lowest BCUT2D eigenvalue weighted by Crippen LogP contribution is -2.18. The van der Waals surface area contributed by atoms with Crippen LogP contribution in [0.3, 0.4) is 0 Å². The first kappa shape index (κ1) is 12.6. The number of para-hydroxylation sites is 1. The summed E-state index contributed by atoms with van der Waals surface area (Å²) in [5, 5.41) is 6.31. The number of aromatic nitrogens is 3. The van der Waals surface area contributed by atoms with Crippen molar-refractivity contribution in [3.63, 3.8) is 0 Å². The van der Waals surface area contributed by atoms with Crippen LogP contribution in [-0.2, 0) is 11.8 Å². The van der Waals surface area contributed by atoms with Crippen LogP contribution in [0.2, 0.25) is 0 Å². The Morgan fingerprint density at radius 2 is 2.10 bits per heavy atom. The molecular weight excluding hydrogens is 266 g/mol. The van der Waals surface area contributed by atoms with Crippen molar-refractivity contribution in [2.75, 3.05) is 6.61 Å². The second kappa shape index (κ2) is 4.70. The third-order valence-corrected chi connectivity index (χ3v) is 4.24. The minimum absolute atomic E-state index is 0.00856. The van der Waals surface area contributed by atoms with E-state index < -0.39 is 0 Å². The number of benzene rings is 1. The van der Waals surface area contributed by atoms with E-state index in [0.717, 1.165) is 42.3 Å². The fourth-order valence-electron chi connectivity index (χ4n) is 3.08. The van der Waals surface area contributed by atoms with Crippen molar-refractivity contribution in [3.8, 4) is 0 Å². The summed E-state index contributed by atoms with van der Waals surface area (Å²) in [7, 11) is 1.80. The van der Waals surface area contributed by atoms with E-state index in [9.17, 15) is 4.79 Å². The molecule has 0 aliphatic carbocycles. The zero-order valence-electron chi connectivity index (χ0n) is 12.0. The van der Waals surface area contributed by atoms with Crippen LogP contribution in [0.1, 0.15) is 25.5 Å². The number of rotatable bonds is 1. The van der Waals surface area contributed by atoms with Crippen LogP contribution in [0, 0.1) is 0 Å². The van der Waals surface area contributed by atoms with Gasteiger partial charge in [0.25, 0.3) is 5.56 Å². The van der Waals surface area contributed by atoms with Gasteiger partial charge in [0.15, 0.2) is 0 Å². The monoisotopic (exact) mass is 283 g/mol. The molecule has 0 spiro atoms. The molecule has 1 saturated heterocycles. The highest BCUT2D eigenvalue weighted by Gasteiger charge is 2.19. The van der Waals surface area contributed by atoms with E-state index in [1.54, 1.807) is 11.6 Å². The van der Waals surface area contributed by atoms with Crippen LogP contribution in [0.5, 0.6) is 0 Å². The third kappa shape index (κ3) is 1.88. The fourth-order valence-corrected chi connectivity index (χ4v) is 3.08. The molecule has 5 heteroatoms. The van der Waals surface area contributed by atoms with E-state index in [-0.39, 0.29) is 11.8 Å². The van der Waals surface area contributed by atoms with Crippen molar-refractivity contribution in [2.45, 2.75) is 25.5 Å². The van der Waals surface area contributed by atoms with Crippen LogP contribution in [0.4, 0.5) is 0 Å². The lowest BCUT2D eigenvalue weighted by atomic mass is 10.1. The maximum absolute atomic E-state index is 12.5. The Morgan fingerprint density at radius 1 is 1.24 bits per heavy atom. The highest BCUT2D eigenvalue weighted by Crippen LogP contribution is 2.26. The minimum Gasteiger partial charge on any atom is -0.357 e. The van der Waals surface area contributed by atoms with Crippen molar-refractivity contribution in [2.24, 2.45) is 7.05 Å². The van der Waals surface area contributed by atoms with E-state index in [4.69, 9.17) is 4.74 Å². The molecular formula is C16H17N3O2. The van der Waals surface area contributed by atoms with Gasteiger partial charge in [-0.25, -0.2) is 4.68 Å². The first-order valence-corrected chi connectivity index (χ1v) is 7.34. The summed E-state index contributed by atoms with van der Waals surface area (Å²) in [5.74, 6) is 0. The van der Waals surface area contributed by atoms with Crippen LogP contribution in [-0.4, -0.2) is 21.0 Å². The molecule has 0 radical (unpaired) electrons. The number of fused-ring (bicyclic) bond motifs is 3. The van der Waals surface area contributed by atoms with Crippen molar-refractivity contribution in [1.82, 2.24) is 14.3 Å². The van der Waals surface area contributed by atoms with Gasteiger partial charge in [0, 0.05) is 25.2 Å². The first-order chi connectivity index (χ1) is 10.3. The van der Waals surface area contributed by atoms with Gasteiger partial charge in [0.2, 0.25) is 0 Å². The molecule has 1 aliphatic heterocycles. The molecule has 1 aliphatic rings. The zero-order chi connectivity index (χ0) is 14.4. The van der Waals surface area contributed by atoms with Gasteiger partial charge in [-0.1, -0.05) is 18.2 Å². The molecule has 0 saturated carbocycles. The quantitative estimate of drug-likeness (QED) is 0.689. The van der Waals surface area contributed by atoms with Gasteiger partial charge in [-0.2, -0.15) is 5.10 Å². The predicted molar refractivity (Wildman–Crippen MR) is 81.3 cm³/mol. The SMILES string of the molecule is Cn1c(=O)c2cn(C3CCCCO3)nc2c2ccccc21. The summed E-state index contributed by atoms with van der Waals surface area (Å²) in [4.78, 5) is 12.5. The summed E-state index contributed by atoms with van der Waals surface area (Å²) >= 11 is 0. The molecule has 1 unspecified atom stereocenters. The second-order valence-electron chi connectivity index (χ2n) is 5.57. The smallest absolute Gasteiger partial charge is 0.261 e. The Labute approximate surface area is 121 Å². The van der Waals surface area contributed by atoms with E-state index in [1.165, 1.54) is 0 Å². The van der Waals surface area contributed by atoms with Crippen molar-refractivity contribution >= 4 is 21.8 Å². The van der Waals surface area contributed by atoms with Crippen LogP contribution >= 0.6 is 0 Å². The Morgan fingerprint density at radius 3 is 2.90 bits per heavy atom. The third-order valence-electron chi connectivity index (χ3n) is 4.24. The summed E-state index contributed by atoms with van der Waals surface area (Å²) in [5.41, 5.74) is 1.67. The van der Waals surface area contributed by atoms with E-state index in [1.807, 2.05) is 35.1 Å². The lowest BCUT2D eigenvalue weighted by molar-refractivity contribution is -0.0390. The van der Waals surface area contributed by atoms with E-state index >= 15 is 0 Å². The van der Waals surface area contributed by atoms with Gasteiger partial charge in [-0.3, -0.25) is 4.79 Å². The number of hydrogen-bond acceptors (Lipinski definition) is 3. The Kier molecular flexibility index (Phi) is 2.82. The Bertz CT molecular complexity index is 872. The molecule has 1 aromatic carbocycles. The number of nitrogens with zero attached hydrogens (tertiary/aromatic N) is 3. The Hall–Kier alpha value is -2.14. The van der Waals surface area contributed by atoms with Crippen molar-refractivity contribution in [1.29, 1.82) is 0 Å². The molecule has 0 amide bonds. The lowest BCUT2D eigenvalue weighted by Gasteiger charge is -2.22. The molecule has 0 N–H and O–H groups in total. The Balaban J connectivity index is 2.00. The van der Waals surface area contributed by atoms with Gasteiger partial charge in [0.05, 0.1) is 10.9 Å². The van der Waals surface area contributed by atoms with Gasteiger partial charge in [-0.05, 0) is 25.3 Å². The van der Waals surface area contributed by atoms with E-state index in [0.29, 0.717) is 5.39 Å².